The van der Waals surface area contributed by atoms with Gasteiger partial charge in [0.2, 0.25) is 5.91 Å². The van der Waals surface area contributed by atoms with E-state index in [0.717, 1.165) is 31.2 Å². The summed E-state index contributed by atoms with van der Waals surface area (Å²) in [5.41, 5.74) is 1.58. The van der Waals surface area contributed by atoms with Gasteiger partial charge in [0.05, 0.1) is 19.2 Å². The van der Waals surface area contributed by atoms with E-state index in [1.807, 2.05) is 24.3 Å². The van der Waals surface area contributed by atoms with Crippen LogP contribution in [0.25, 0.3) is 5.78 Å². The lowest BCUT2D eigenvalue weighted by atomic mass is 9.80. The Bertz CT molecular complexity index is 1090. The molecule has 3 aromatic rings. The molecule has 0 aliphatic heterocycles. The van der Waals surface area contributed by atoms with Crippen LogP contribution in [-0.4, -0.2) is 39.1 Å². The predicted molar refractivity (Wildman–Crippen MR) is 110 cm³/mol. The van der Waals surface area contributed by atoms with Crippen molar-refractivity contribution in [3.8, 4) is 5.75 Å². The summed E-state index contributed by atoms with van der Waals surface area (Å²) in [5, 5.41) is 6.64. The average Bonchev–Trinajstić information content (AvgIpc) is 3.23. The molecule has 1 fully saturated rings. The van der Waals surface area contributed by atoms with E-state index >= 15 is 0 Å². The Kier molecular flexibility index (Phi) is 6.29. The Morgan fingerprint density at radius 3 is 2.72 bits per heavy atom. The van der Waals surface area contributed by atoms with E-state index in [-0.39, 0.29) is 24.0 Å². The lowest BCUT2D eigenvalue weighted by Crippen LogP contribution is -2.32. The summed E-state index contributed by atoms with van der Waals surface area (Å²) in [7, 11) is 1.59. The molecular weight excluding hydrogens is 423 g/mol. The number of nitrogens with zero attached hydrogens (tertiary/aromatic N) is 4. The molecular formula is C22H24F3N5O2. The second-order valence-electron chi connectivity index (χ2n) is 8.06. The monoisotopic (exact) mass is 447 g/mol. The van der Waals surface area contributed by atoms with Crippen LogP contribution >= 0.6 is 0 Å². The quantitative estimate of drug-likeness (QED) is 0.622. The minimum absolute atomic E-state index is 0.0400. The molecule has 1 saturated carbocycles. The van der Waals surface area contributed by atoms with Gasteiger partial charge in [-0.25, -0.2) is 9.50 Å². The number of nitrogens with one attached hydrogen (secondary N) is 1. The van der Waals surface area contributed by atoms with Gasteiger partial charge >= 0.3 is 6.18 Å². The number of rotatable bonds is 6. The zero-order valence-electron chi connectivity index (χ0n) is 17.6. The molecule has 0 spiro atoms. The molecule has 1 amide bonds. The SMILES string of the molecule is COc1cccc(CC(=O)NCC2CCC(c3ccnc4nc(C(F)(F)F)nn34)CC2)c1. The molecule has 0 saturated heterocycles. The van der Waals surface area contributed by atoms with Crippen LogP contribution < -0.4 is 10.1 Å². The van der Waals surface area contributed by atoms with Crippen LogP contribution in [0.15, 0.2) is 36.5 Å². The maximum absolute atomic E-state index is 13.0. The molecule has 7 nitrogen and oxygen atoms in total. The average molecular weight is 447 g/mol. The minimum atomic E-state index is -4.61. The lowest BCUT2D eigenvalue weighted by Gasteiger charge is -2.28. The van der Waals surface area contributed by atoms with Crippen molar-refractivity contribution in [2.75, 3.05) is 13.7 Å². The first-order valence-electron chi connectivity index (χ1n) is 10.5. The van der Waals surface area contributed by atoms with E-state index in [0.29, 0.717) is 23.9 Å². The summed E-state index contributed by atoms with van der Waals surface area (Å²) in [5.74, 6) is -0.134. The number of fused-ring (bicyclic) bond motifs is 1. The van der Waals surface area contributed by atoms with Crippen molar-refractivity contribution >= 4 is 11.7 Å². The number of halogens is 3. The van der Waals surface area contributed by atoms with Crippen molar-refractivity contribution in [1.82, 2.24) is 24.9 Å². The van der Waals surface area contributed by atoms with Gasteiger partial charge in [0.15, 0.2) is 0 Å². The Morgan fingerprint density at radius 1 is 1.22 bits per heavy atom. The fourth-order valence-corrected chi connectivity index (χ4v) is 4.19. The number of carbonyl (C=O) groups excluding carboxylic acids is 1. The maximum Gasteiger partial charge on any atom is 0.453 e. The molecule has 0 unspecified atom stereocenters. The first kappa shape index (κ1) is 22.0. The van der Waals surface area contributed by atoms with Crippen LogP contribution in [0.4, 0.5) is 13.2 Å². The van der Waals surface area contributed by atoms with E-state index in [4.69, 9.17) is 4.74 Å². The first-order valence-corrected chi connectivity index (χ1v) is 10.5. The molecule has 32 heavy (non-hydrogen) atoms. The molecule has 1 aliphatic carbocycles. The lowest BCUT2D eigenvalue weighted by molar-refractivity contribution is -0.144. The fraction of sp³-hybridized carbons (Fsp3) is 0.455. The number of ether oxygens (including phenoxy) is 1. The van der Waals surface area contributed by atoms with Crippen LogP contribution in [-0.2, 0) is 17.4 Å². The predicted octanol–water partition coefficient (Wildman–Crippen LogP) is 3.78. The van der Waals surface area contributed by atoms with Crippen LogP contribution in [0.5, 0.6) is 5.75 Å². The molecule has 1 aliphatic rings. The molecule has 1 aromatic carbocycles. The van der Waals surface area contributed by atoms with E-state index in [1.54, 1.807) is 13.2 Å². The fourth-order valence-electron chi connectivity index (χ4n) is 4.19. The number of benzene rings is 1. The molecule has 2 aromatic heterocycles. The van der Waals surface area contributed by atoms with Gasteiger partial charge in [-0.05, 0) is 55.4 Å². The van der Waals surface area contributed by atoms with E-state index < -0.39 is 12.0 Å². The molecule has 0 bridgehead atoms. The Labute approximate surface area is 183 Å². The number of aromatic nitrogens is 4. The third-order valence-corrected chi connectivity index (χ3v) is 5.88. The van der Waals surface area contributed by atoms with Gasteiger partial charge in [0.25, 0.3) is 11.6 Å². The van der Waals surface area contributed by atoms with Gasteiger partial charge in [0.1, 0.15) is 5.75 Å². The zero-order chi connectivity index (χ0) is 22.7. The zero-order valence-corrected chi connectivity index (χ0v) is 17.6. The highest BCUT2D eigenvalue weighted by atomic mass is 19.4. The van der Waals surface area contributed by atoms with Crippen molar-refractivity contribution < 1.29 is 22.7 Å². The summed E-state index contributed by atoms with van der Waals surface area (Å²) in [6.07, 6.45) is 0.502. The molecule has 10 heteroatoms. The maximum atomic E-state index is 13.0. The van der Waals surface area contributed by atoms with Gasteiger partial charge in [-0.3, -0.25) is 4.79 Å². The molecule has 2 heterocycles. The number of alkyl halides is 3. The summed E-state index contributed by atoms with van der Waals surface area (Å²) < 4.78 is 45.3. The largest absolute Gasteiger partial charge is 0.497 e. The molecule has 4 rings (SSSR count). The topological polar surface area (TPSA) is 81.4 Å². The summed E-state index contributed by atoms with van der Waals surface area (Å²) >= 11 is 0. The number of hydrogen-bond acceptors (Lipinski definition) is 5. The van der Waals surface area contributed by atoms with E-state index in [1.165, 1.54) is 10.7 Å². The highest BCUT2D eigenvalue weighted by Crippen LogP contribution is 2.36. The summed E-state index contributed by atoms with van der Waals surface area (Å²) in [6.45, 7) is 0.586. The van der Waals surface area contributed by atoms with Gasteiger partial charge in [-0.1, -0.05) is 12.1 Å². The minimum Gasteiger partial charge on any atom is -0.497 e. The van der Waals surface area contributed by atoms with Gasteiger partial charge in [0, 0.05) is 18.7 Å². The van der Waals surface area contributed by atoms with Crippen LogP contribution in [0.3, 0.4) is 0 Å². The van der Waals surface area contributed by atoms with Crippen molar-refractivity contribution in [1.29, 1.82) is 0 Å². The van der Waals surface area contributed by atoms with Crippen molar-refractivity contribution in [2.45, 2.75) is 44.2 Å². The smallest absolute Gasteiger partial charge is 0.453 e. The summed E-state index contributed by atoms with van der Waals surface area (Å²) in [4.78, 5) is 19.7. The number of amides is 1. The van der Waals surface area contributed by atoms with Crippen LogP contribution in [0, 0.1) is 5.92 Å². The number of methoxy groups -OCH3 is 1. The number of hydrogen-bond donors (Lipinski definition) is 1. The van der Waals surface area contributed by atoms with Gasteiger partial charge in [-0.2, -0.15) is 18.2 Å². The normalized spacial score (nSPS) is 19.1. The highest BCUT2D eigenvalue weighted by molar-refractivity contribution is 5.78. The molecule has 170 valence electrons. The highest BCUT2D eigenvalue weighted by Gasteiger charge is 2.37. The molecule has 0 radical (unpaired) electrons. The van der Waals surface area contributed by atoms with Crippen molar-refractivity contribution in [2.24, 2.45) is 5.92 Å². The second-order valence-corrected chi connectivity index (χ2v) is 8.06. The van der Waals surface area contributed by atoms with E-state index in [9.17, 15) is 18.0 Å². The first-order chi connectivity index (χ1) is 15.3. The molecule has 1 N–H and O–H groups in total. The summed E-state index contributed by atoms with van der Waals surface area (Å²) in [6, 6.07) is 9.12. The van der Waals surface area contributed by atoms with Crippen molar-refractivity contribution in [3.05, 3.63) is 53.6 Å². The van der Waals surface area contributed by atoms with Gasteiger partial charge in [-0.15, -0.1) is 5.10 Å². The third-order valence-electron chi connectivity index (χ3n) is 5.88. The standard InChI is InChI=1S/C22H24F3N5O2/c1-32-17-4-2-3-15(11-17)12-19(31)27-13-14-5-7-16(8-6-14)18-9-10-26-21-28-20(22(23,24)25)29-30(18)21/h2-4,9-11,14,16H,5-8,12-13H2,1H3,(H,27,31). The Morgan fingerprint density at radius 2 is 2.00 bits per heavy atom. The van der Waals surface area contributed by atoms with Gasteiger partial charge < -0.3 is 10.1 Å². The second kappa shape index (κ2) is 9.13. The van der Waals surface area contributed by atoms with Crippen LogP contribution in [0.2, 0.25) is 0 Å². The van der Waals surface area contributed by atoms with Crippen molar-refractivity contribution in [3.63, 3.8) is 0 Å². The molecule has 0 atom stereocenters. The van der Waals surface area contributed by atoms with E-state index in [2.05, 4.69) is 20.4 Å². The third kappa shape index (κ3) is 5.00. The Hall–Kier alpha value is -3.17. The van der Waals surface area contributed by atoms with Crippen LogP contribution in [0.1, 0.15) is 48.7 Å². The Balaban J connectivity index is 1.31. The number of carbonyl (C=O) groups is 1.